The van der Waals surface area contributed by atoms with E-state index in [1.807, 2.05) is 0 Å². The summed E-state index contributed by atoms with van der Waals surface area (Å²) in [6.45, 7) is 0. The van der Waals surface area contributed by atoms with Crippen LogP contribution in [0.2, 0.25) is 0 Å². The molecule has 6 N–H and O–H groups in total. The fraction of sp³-hybridized carbons (Fsp3) is 0.0833. The lowest BCUT2D eigenvalue weighted by atomic mass is 10.1. The molecule has 0 aliphatic heterocycles. The van der Waals surface area contributed by atoms with Crippen molar-refractivity contribution in [3.05, 3.63) is 42.5 Å². The summed E-state index contributed by atoms with van der Waals surface area (Å²) in [5.74, 6) is -0.684. The first-order chi connectivity index (χ1) is 10.3. The highest BCUT2D eigenvalue weighted by atomic mass is 19.4. The number of guanidine groups is 2. The van der Waals surface area contributed by atoms with Gasteiger partial charge in [0, 0.05) is 12.4 Å². The molecule has 10 heteroatoms. The molecule has 22 heavy (non-hydrogen) atoms. The van der Waals surface area contributed by atoms with E-state index in [1.165, 1.54) is 35.4 Å². The SMILES string of the molecule is NC(N)=NC(N)=Nc1ccc(-n2ccnc2)c(C(F)(F)F)c1. The van der Waals surface area contributed by atoms with E-state index >= 15 is 0 Å². The molecule has 0 unspecified atom stereocenters. The average Bonchev–Trinajstić information content (AvgIpc) is 2.90. The van der Waals surface area contributed by atoms with E-state index in [0.29, 0.717) is 0 Å². The number of benzene rings is 1. The van der Waals surface area contributed by atoms with Gasteiger partial charge in [0.1, 0.15) is 0 Å². The minimum atomic E-state index is -4.57. The molecule has 0 bridgehead atoms. The van der Waals surface area contributed by atoms with Gasteiger partial charge in [0.15, 0.2) is 5.96 Å². The summed E-state index contributed by atoms with van der Waals surface area (Å²) >= 11 is 0. The van der Waals surface area contributed by atoms with Gasteiger partial charge in [-0.15, -0.1) is 0 Å². The van der Waals surface area contributed by atoms with E-state index in [9.17, 15) is 13.2 Å². The van der Waals surface area contributed by atoms with Gasteiger partial charge in [-0.05, 0) is 18.2 Å². The molecule has 0 aliphatic carbocycles. The van der Waals surface area contributed by atoms with E-state index in [0.717, 1.165) is 6.07 Å². The van der Waals surface area contributed by atoms with E-state index in [2.05, 4.69) is 15.0 Å². The Labute approximate surface area is 123 Å². The lowest BCUT2D eigenvalue weighted by Gasteiger charge is -2.14. The highest BCUT2D eigenvalue weighted by molar-refractivity contribution is 5.93. The molecule has 0 saturated heterocycles. The zero-order chi connectivity index (χ0) is 16.3. The zero-order valence-corrected chi connectivity index (χ0v) is 11.1. The Balaban J connectivity index is 2.52. The van der Waals surface area contributed by atoms with Crippen molar-refractivity contribution < 1.29 is 13.2 Å². The smallest absolute Gasteiger partial charge is 0.370 e. The minimum Gasteiger partial charge on any atom is -0.370 e. The molecule has 0 spiro atoms. The third-order valence-electron chi connectivity index (χ3n) is 2.56. The normalized spacial score (nSPS) is 12.2. The Kier molecular flexibility index (Phi) is 4.02. The van der Waals surface area contributed by atoms with Crippen LogP contribution in [0.4, 0.5) is 18.9 Å². The lowest BCUT2D eigenvalue weighted by molar-refractivity contribution is -0.137. The molecule has 0 aliphatic rings. The first kappa shape index (κ1) is 15.4. The van der Waals surface area contributed by atoms with Crippen molar-refractivity contribution in [1.82, 2.24) is 9.55 Å². The molecule has 7 nitrogen and oxygen atoms in total. The van der Waals surface area contributed by atoms with Crippen LogP contribution in [0.5, 0.6) is 0 Å². The van der Waals surface area contributed by atoms with Crippen molar-refractivity contribution in [3.8, 4) is 5.69 Å². The Morgan fingerprint density at radius 3 is 2.45 bits per heavy atom. The van der Waals surface area contributed by atoms with Gasteiger partial charge in [-0.25, -0.2) is 9.98 Å². The molecule has 0 saturated carbocycles. The van der Waals surface area contributed by atoms with Crippen molar-refractivity contribution in [2.75, 3.05) is 0 Å². The van der Waals surface area contributed by atoms with E-state index < -0.39 is 11.7 Å². The highest BCUT2D eigenvalue weighted by Gasteiger charge is 2.34. The number of hydrogen-bond donors (Lipinski definition) is 3. The molecule has 1 aromatic heterocycles. The number of hydrogen-bond acceptors (Lipinski definition) is 2. The predicted octanol–water partition coefficient (Wildman–Crippen LogP) is 1.11. The highest BCUT2D eigenvalue weighted by Crippen LogP contribution is 2.36. The number of aromatic nitrogens is 2. The Hall–Kier alpha value is -3.04. The van der Waals surface area contributed by atoms with Gasteiger partial charge in [-0.3, -0.25) is 0 Å². The maximum atomic E-state index is 13.2. The topological polar surface area (TPSA) is 121 Å². The van der Waals surface area contributed by atoms with Crippen LogP contribution >= 0.6 is 0 Å². The zero-order valence-electron chi connectivity index (χ0n) is 11.1. The van der Waals surface area contributed by atoms with Crippen LogP contribution in [0.1, 0.15) is 5.56 Å². The van der Waals surface area contributed by atoms with E-state index in [-0.39, 0.29) is 23.3 Å². The molecule has 1 aromatic carbocycles. The van der Waals surface area contributed by atoms with Crippen molar-refractivity contribution in [3.63, 3.8) is 0 Å². The first-order valence-corrected chi connectivity index (χ1v) is 5.91. The third kappa shape index (κ3) is 3.53. The van der Waals surface area contributed by atoms with Crippen molar-refractivity contribution >= 4 is 17.6 Å². The summed E-state index contributed by atoms with van der Waals surface area (Å²) in [7, 11) is 0. The van der Waals surface area contributed by atoms with Gasteiger partial charge >= 0.3 is 6.18 Å². The molecule has 2 aromatic rings. The summed E-state index contributed by atoms with van der Waals surface area (Å²) in [6, 6.07) is 3.47. The van der Waals surface area contributed by atoms with Crippen LogP contribution < -0.4 is 17.2 Å². The summed E-state index contributed by atoms with van der Waals surface area (Å²) < 4.78 is 40.8. The molecule has 1 heterocycles. The second-order valence-corrected chi connectivity index (χ2v) is 4.18. The molecule has 2 rings (SSSR count). The average molecular weight is 311 g/mol. The van der Waals surface area contributed by atoms with Crippen LogP contribution in [-0.2, 0) is 6.18 Å². The summed E-state index contributed by atoms with van der Waals surface area (Å²) in [4.78, 5) is 10.9. The monoisotopic (exact) mass is 311 g/mol. The van der Waals surface area contributed by atoms with Gasteiger partial charge < -0.3 is 21.8 Å². The Morgan fingerprint density at radius 1 is 1.18 bits per heavy atom. The molecule has 0 atom stereocenters. The summed E-state index contributed by atoms with van der Waals surface area (Å²) in [5.41, 5.74) is 14.6. The molecular formula is C12H12F3N7. The molecule has 0 amide bonds. The van der Waals surface area contributed by atoms with Crippen molar-refractivity contribution in [1.29, 1.82) is 0 Å². The largest absolute Gasteiger partial charge is 0.418 e. The number of halogens is 3. The third-order valence-corrected chi connectivity index (χ3v) is 2.56. The van der Waals surface area contributed by atoms with Crippen molar-refractivity contribution in [2.45, 2.75) is 6.18 Å². The second kappa shape index (κ2) is 5.76. The van der Waals surface area contributed by atoms with Gasteiger partial charge in [-0.2, -0.15) is 18.2 Å². The number of imidazole rings is 1. The maximum Gasteiger partial charge on any atom is 0.418 e. The Morgan fingerprint density at radius 2 is 1.91 bits per heavy atom. The second-order valence-electron chi connectivity index (χ2n) is 4.18. The number of alkyl halides is 3. The quantitative estimate of drug-likeness (QED) is 0.568. The number of nitrogens with zero attached hydrogens (tertiary/aromatic N) is 4. The van der Waals surface area contributed by atoms with Crippen LogP contribution in [0, 0.1) is 0 Å². The summed E-state index contributed by atoms with van der Waals surface area (Å²) in [6.07, 6.45) is -0.526. The predicted molar refractivity (Wildman–Crippen MR) is 75.7 cm³/mol. The van der Waals surface area contributed by atoms with Crippen LogP contribution in [0.3, 0.4) is 0 Å². The molecule has 0 fully saturated rings. The van der Waals surface area contributed by atoms with Gasteiger partial charge in [0.25, 0.3) is 0 Å². The Bertz CT molecular complexity index is 713. The molecule has 116 valence electrons. The fourth-order valence-corrected chi connectivity index (χ4v) is 1.74. The number of rotatable bonds is 2. The number of aliphatic imine (C=N–C) groups is 2. The standard InChI is InChI=1S/C12H12F3N7/c13-12(14,15)8-5-7(20-11(18)21-10(16)17)1-2-9(8)22-4-3-19-6-22/h1-6H,(H6,16,17,18,20,21). The molecule has 0 radical (unpaired) electrons. The van der Waals surface area contributed by atoms with Crippen LogP contribution in [0.25, 0.3) is 5.69 Å². The molecular weight excluding hydrogens is 299 g/mol. The summed E-state index contributed by atoms with van der Waals surface area (Å²) in [5, 5.41) is 0. The van der Waals surface area contributed by atoms with Crippen LogP contribution in [-0.4, -0.2) is 21.5 Å². The number of nitrogens with two attached hydrogens (primary N) is 3. The first-order valence-electron chi connectivity index (χ1n) is 5.91. The van der Waals surface area contributed by atoms with E-state index in [1.54, 1.807) is 0 Å². The van der Waals surface area contributed by atoms with Crippen molar-refractivity contribution in [2.24, 2.45) is 27.2 Å². The minimum absolute atomic E-state index is 0.0290. The van der Waals surface area contributed by atoms with Gasteiger partial charge in [-0.1, -0.05) is 0 Å². The lowest BCUT2D eigenvalue weighted by Crippen LogP contribution is -2.26. The fourth-order valence-electron chi connectivity index (χ4n) is 1.74. The van der Waals surface area contributed by atoms with E-state index in [4.69, 9.17) is 17.2 Å². The van der Waals surface area contributed by atoms with Crippen LogP contribution in [0.15, 0.2) is 46.9 Å². The maximum absolute atomic E-state index is 13.2. The van der Waals surface area contributed by atoms with Gasteiger partial charge in [0.2, 0.25) is 5.96 Å². The van der Waals surface area contributed by atoms with Gasteiger partial charge in [0.05, 0.1) is 23.3 Å².